The van der Waals surface area contributed by atoms with Gasteiger partial charge in [-0.05, 0) is 36.1 Å². The van der Waals surface area contributed by atoms with Crippen molar-refractivity contribution in [1.29, 1.82) is 0 Å². The van der Waals surface area contributed by atoms with Crippen LogP contribution in [0.2, 0.25) is 0 Å². The standard InChI is InChI=1S/C11H15ClS/c12-9-11(5-1-2-6-11)8-10-4-3-7-13-10/h3-4,7H,1-2,5-6,8-9H2. The molecule has 1 aliphatic carbocycles. The number of thiophene rings is 1. The third-order valence-corrected chi connectivity index (χ3v) is 4.52. The van der Waals surface area contributed by atoms with Crippen molar-refractivity contribution in [1.82, 2.24) is 0 Å². The van der Waals surface area contributed by atoms with Crippen LogP contribution in [0.1, 0.15) is 30.6 Å². The van der Waals surface area contributed by atoms with Crippen molar-refractivity contribution >= 4 is 22.9 Å². The monoisotopic (exact) mass is 214 g/mol. The third-order valence-electron chi connectivity index (χ3n) is 3.08. The van der Waals surface area contributed by atoms with Crippen LogP contribution in [0.25, 0.3) is 0 Å². The number of halogens is 1. The summed E-state index contributed by atoms with van der Waals surface area (Å²) in [6.45, 7) is 0. The van der Waals surface area contributed by atoms with Gasteiger partial charge in [-0.25, -0.2) is 0 Å². The van der Waals surface area contributed by atoms with E-state index in [1.807, 2.05) is 11.3 Å². The van der Waals surface area contributed by atoms with E-state index in [1.54, 1.807) is 0 Å². The molecule has 1 heterocycles. The molecule has 1 fully saturated rings. The summed E-state index contributed by atoms with van der Waals surface area (Å²) in [5.41, 5.74) is 0.437. The largest absolute Gasteiger partial charge is 0.149 e. The van der Waals surface area contributed by atoms with E-state index in [2.05, 4.69) is 17.5 Å². The topological polar surface area (TPSA) is 0 Å². The fourth-order valence-corrected chi connectivity index (χ4v) is 3.51. The molecule has 0 nitrogen and oxygen atoms in total. The van der Waals surface area contributed by atoms with Crippen molar-refractivity contribution in [3.8, 4) is 0 Å². The Morgan fingerprint density at radius 1 is 1.38 bits per heavy atom. The quantitative estimate of drug-likeness (QED) is 0.665. The molecule has 2 heteroatoms. The van der Waals surface area contributed by atoms with Crippen LogP contribution in [-0.2, 0) is 6.42 Å². The maximum atomic E-state index is 6.09. The molecule has 0 aliphatic heterocycles. The Morgan fingerprint density at radius 3 is 2.69 bits per heavy atom. The summed E-state index contributed by atoms with van der Waals surface area (Å²) in [5, 5.41) is 2.16. The van der Waals surface area contributed by atoms with Crippen LogP contribution in [0.15, 0.2) is 17.5 Å². The number of hydrogen-bond acceptors (Lipinski definition) is 1. The number of rotatable bonds is 3. The van der Waals surface area contributed by atoms with E-state index in [9.17, 15) is 0 Å². The van der Waals surface area contributed by atoms with Crippen LogP contribution in [0.4, 0.5) is 0 Å². The zero-order valence-electron chi connectivity index (χ0n) is 7.76. The highest BCUT2D eigenvalue weighted by atomic mass is 35.5. The highest BCUT2D eigenvalue weighted by Crippen LogP contribution is 2.42. The van der Waals surface area contributed by atoms with Gasteiger partial charge in [-0.1, -0.05) is 18.9 Å². The van der Waals surface area contributed by atoms with E-state index in [0.717, 1.165) is 5.88 Å². The Kier molecular flexibility index (Phi) is 2.95. The SMILES string of the molecule is ClCC1(Cc2cccs2)CCCC1. The lowest BCUT2D eigenvalue weighted by Crippen LogP contribution is -2.20. The highest BCUT2D eigenvalue weighted by Gasteiger charge is 2.33. The summed E-state index contributed by atoms with van der Waals surface area (Å²) in [7, 11) is 0. The summed E-state index contributed by atoms with van der Waals surface area (Å²) in [6.07, 6.45) is 6.60. The first kappa shape index (κ1) is 9.54. The third kappa shape index (κ3) is 2.08. The summed E-state index contributed by atoms with van der Waals surface area (Å²) >= 11 is 7.95. The van der Waals surface area contributed by atoms with Crippen molar-refractivity contribution in [3.05, 3.63) is 22.4 Å². The molecule has 0 spiro atoms. The van der Waals surface area contributed by atoms with Crippen molar-refractivity contribution in [3.63, 3.8) is 0 Å². The van der Waals surface area contributed by atoms with Crippen LogP contribution in [-0.4, -0.2) is 5.88 Å². The fraction of sp³-hybridized carbons (Fsp3) is 0.636. The summed E-state index contributed by atoms with van der Waals surface area (Å²) in [6, 6.07) is 4.37. The van der Waals surface area contributed by atoms with E-state index in [-0.39, 0.29) is 0 Å². The smallest absolute Gasteiger partial charge is 0.0283 e. The fourth-order valence-electron chi connectivity index (χ4n) is 2.27. The average Bonchev–Trinajstić information content (AvgIpc) is 2.77. The maximum absolute atomic E-state index is 6.09. The highest BCUT2D eigenvalue weighted by molar-refractivity contribution is 7.09. The summed E-state index contributed by atoms with van der Waals surface area (Å²) < 4.78 is 0. The molecule has 0 radical (unpaired) electrons. The van der Waals surface area contributed by atoms with Crippen LogP contribution >= 0.6 is 22.9 Å². The Bertz CT molecular complexity index is 247. The number of hydrogen-bond donors (Lipinski definition) is 0. The minimum Gasteiger partial charge on any atom is -0.149 e. The van der Waals surface area contributed by atoms with Gasteiger partial charge in [0.15, 0.2) is 0 Å². The normalized spacial score (nSPS) is 20.7. The van der Waals surface area contributed by atoms with E-state index in [4.69, 9.17) is 11.6 Å². The van der Waals surface area contributed by atoms with E-state index >= 15 is 0 Å². The van der Waals surface area contributed by atoms with Gasteiger partial charge < -0.3 is 0 Å². The molecule has 0 N–H and O–H groups in total. The molecule has 0 unspecified atom stereocenters. The van der Waals surface area contributed by atoms with Crippen LogP contribution in [0, 0.1) is 5.41 Å². The van der Waals surface area contributed by atoms with Gasteiger partial charge in [-0.3, -0.25) is 0 Å². The lowest BCUT2D eigenvalue weighted by atomic mass is 9.84. The lowest BCUT2D eigenvalue weighted by molar-refractivity contribution is 0.343. The molecule has 1 aromatic rings. The predicted molar refractivity (Wildman–Crippen MR) is 59.6 cm³/mol. The zero-order chi connectivity index (χ0) is 9.15. The maximum Gasteiger partial charge on any atom is 0.0283 e. The van der Waals surface area contributed by atoms with E-state index in [1.165, 1.54) is 37.0 Å². The zero-order valence-corrected chi connectivity index (χ0v) is 9.33. The Balaban J connectivity index is 2.06. The van der Waals surface area contributed by atoms with Crippen molar-refractivity contribution in [2.24, 2.45) is 5.41 Å². The molecule has 2 rings (SSSR count). The van der Waals surface area contributed by atoms with Gasteiger partial charge in [-0.2, -0.15) is 0 Å². The Morgan fingerprint density at radius 2 is 2.15 bits per heavy atom. The molecular weight excluding hydrogens is 200 g/mol. The van der Waals surface area contributed by atoms with Gasteiger partial charge in [0.25, 0.3) is 0 Å². The van der Waals surface area contributed by atoms with Crippen molar-refractivity contribution in [2.75, 3.05) is 5.88 Å². The Hall–Kier alpha value is -0.0100. The average molecular weight is 215 g/mol. The predicted octanol–water partition coefficient (Wildman–Crippen LogP) is 4.09. The van der Waals surface area contributed by atoms with E-state index in [0.29, 0.717) is 5.41 Å². The molecule has 0 amide bonds. The van der Waals surface area contributed by atoms with Gasteiger partial charge in [0.2, 0.25) is 0 Å². The first-order valence-electron chi connectivity index (χ1n) is 4.93. The Labute approximate surface area is 88.9 Å². The molecule has 13 heavy (non-hydrogen) atoms. The lowest BCUT2D eigenvalue weighted by Gasteiger charge is -2.25. The molecule has 0 aromatic carbocycles. The number of alkyl halides is 1. The second-order valence-electron chi connectivity index (χ2n) is 4.10. The molecule has 0 bridgehead atoms. The van der Waals surface area contributed by atoms with Crippen LogP contribution in [0.3, 0.4) is 0 Å². The molecule has 1 aliphatic rings. The van der Waals surface area contributed by atoms with Crippen LogP contribution in [0.5, 0.6) is 0 Å². The molecule has 0 atom stereocenters. The molecule has 1 aromatic heterocycles. The van der Waals surface area contributed by atoms with Crippen LogP contribution < -0.4 is 0 Å². The second kappa shape index (κ2) is 4.02. The molecule has 72 valence electrons. The van der Waals surface area contributed by atoms with Crippen molar-refractivity contribution < 1.29 is 0 Å². The molecule has 0 saturated heterocycles. The second-order valence-corrected chi connectivity index (χ2v) is 5.40. The molecular formula is C11H15ClS. The molecule has 1 saturated carbocycles. The van der Waals surface area contributed by atoms with Gasteiger partial charge >= 0.3 is 0 Å². The van der Waals surface area contributed by atoms with Gasteiger partial charge in [0, 0.05) is 10.8 Å². The van der Waals surface area contributed by atoms with Gasteiger partial charge in [0.05, 0.1) is 0 Å². The van der Waals surface area contributed by atoms with E-state index < -0.39 is 0 Å². The first-order chi connectivity index (χ1) is 6.35. The summed E-state index contributed by atoms with van der Waals surface area (Å²) in [4.78, 5) is 1.50. The van der Waals surface area contributed by atoms with Crippen molar-refractivity contribution in [2.45, 2.75) is 32.1 Å². The minimum absolute atomic E-state index is 0.437. The minimum atomic E-state index is 0.437. The summed E-state index contributed by atoms with van der Waals surface area (Å²) in [5.74, 6) is 0.838. The van der Waals surface area contributed by atoms with Gasteiger partial charge in [-0.15, -0.1) is 22.9 Å². The first-order valence-corrected chi connectivity index (χ1v) is 6.34. The van der Waals surface area contributed by atoms with Gasteiger partial charge in [0.1, 0.15) is 0 Å².